The molecule has 0 radical (unpaired) electrons. The van der Waals surface area contributed by atoms with Crippen LogP contribution in [0.5, 0.6) is 0 Å². The minimum absolute atomic E-state index is 0.210. The van der Waals surface area contributed by atoms with Crippen molar-refractivity contribution in [3.05, 3.63) is 41.3 Å². The molecule has 2 aromatic rings. The molecule has 0 amide bonds. The Morgan fingerprint density at radius 2 is 1.64 bits per heavy atom. The zero-order chi connectivity index (χ0) is 18.2. The molecule has 6 nitrogen and oxygen atoms in total. The van der Waals surface area contributed by atoms with Crippen LogP contribution >= 0.6 is 0 Å². The first-order chi connectivity index (χ1) is 11.8. The Hall–Kier alpha value is -1.86. The Balaban J connectivity index is 1.71. The van der Waals surface area contributed by atoms with Crippen LogP contribution in [0.25, 0.3) is 0 Å². The largest absolute Gasteiger partial charge is 0.369 e. The van der Waals surface area contributed by atoms with E-state index in [9.17, 15) is 8.42 Å². The van der Waals surface area contributed by atoms with Crippen molar-refractivity contribution in [3.63, 3.8) is 0 Å². The smallest absolute Gasteiger partial charge is 0.248 e. The van der Waals surface area contributed by atoms with Crippen molar-refractivity contribution in [2.24, 2.45) is 0 Å². The number of sulfonamides is 1. The predicted octanol–water partition coefficient (Wildman–Crippen LogP) is 2.93. The van der Waals surface area contributed by atoms with Crippen LogP contribution in [0.3, 0.4) is 0 Å². The molecule has 0 atom stereocenters. The minimum atomic E-state index is -3.55. The van der Waals surface area contributed by atoms with E-state index in [1.165, 1.54) is 9.87 Å². The summed E-state index contributed by atoms with van der Waals surface area (Å²) in [7, 11) is -3.55. The van der Waals surface area contributed by atoms with Gasteiger partial charge in [0.05, 0.1) is 0 Å². The number of nitrogens with zero attached hydrogens (tertiary/aromatic N) is 3. The molecule has 0 spiro atoms. The maximum absolute atomic E-state index is 12.9. The summed E-state index contributed by atoms with van der Waals surface area (Å²) in [6.45, 7) is 9.90. The molecule has 1 fully saturated rings. The summed E-state index contributed by atoms with van der Waals surface area (Å²) >= 11 is 0. The van der Waals surface area contributed by atoms with Gasteiger partial charge in [-0.05, 0) is 37.5 Å². The van der Waals surface area contributed by atoms with E-state index in [0.717, 1.165) is 5.69 Å². The number of piperazine rings is 1. The molecule has 0 N–H and O–H groups in total. The Labute approximate surface area is 149 Å². The van der Waals surface area contributed by atoms with Crippen molar-refractivity contribution in [3.8, 4) is 0 Å². The van der Waals surface area contributed by atoms with E-state index in [1.54, 1.807) is 13.8 Å². The topological polar surface area (TPSA) is 66.7 Å². The van der Waals surface area contributed by atoms with Crippen LogP contribution in [-0.4, -0.2) is 44.1 Å². The molecule has 1 aliphatic heterocycles. The van der Waals surface area contributed by atoms with Crippen molar-refractivity contribution in [2.45, 2.75) is 38.5 Å². The predicted molar refractivity (Wildman–Crippen MR) is 97.5 cm³/mol. The number of hydrogen-bond donors (Lipinski definition) is 0. The third-order valence-corrected chi connectivity index (χ3v) is 6.87. The van der Waals surface area contributed by atoms with E-state index in [4.69, 9.17) is 4.52 Å². The van der Waals surface area contributed by atoms with Gasteiger partial charge in [0.25, 0.3) is 0 Å². The lowest BCUT2D eigenvalue weighted by molar-refractivity contribution is 0.378. The molecule has 1 aliphatic rings. The molecule has 0 aliphatic carbocycles. The molecule has 25 heavy (non-hydrogen) atoms. The molecule has 0 unspecified atom stereocenters. The van der Waals surface area contributed by atoms with Crippen LogP contribution in [0.2, 0.25) is 0 Å². The van der Waals surface area contributed by atoms with E-state index >= 15 is 0 Å². The molecular weight excluding hydrogens is 338 g/mol. The highest BCUT2D eigenvalue weighted by Crippen LogP contribution is 2.26. The lowest BCUT2D eigenvalue weighted by atomic mass is 10.0. The summed E-state index contributed by atoms with van der Waals surface area (Å²) in [5.41, 5.74) is 2.87. The van der Waals surface area contributed by atoms with Crippen molar-refractivity contribution in [2.75, 3.05) is 31.1 Å². The highest BCUT2D eigenvalue weighted by Gasteiger charge is 2.33. The fourth-order valence-corrected chi connectivity index (χ4v) is 4.94. The van der Waals surface area contributed by atoms with E-state index in [2.05, 4.69) is 48.2 Å². The molecule has 7 heteroatoms. The maximum Gasteiger partial charge on any atom is 0.248 e. The number of rotatable bonds is 4. The van der Waals surface area contributed by atoms with Gasteiger partial charge >= 0.3 is 0 Å². The second-order valence-corrected chi connectivity index (χ2v) is 8.67. The van der Waals surface area contributed by atoms with Gasteiger partial charge in [-0.2, -0.15) is 4.31 Å². The van der Waals surface area contributed by atoms with Crippen molar-refractivity contribution >= 4 is 15.7 Å². The first kappa shape index (κ1) is 17.9. The lowest BCUT2D eigenvalue weighted by Gasteiger charge is -2.35. The summed E-state index contributed by atoms with van der Waals surface area (Å²) < 4.78 is 32.3. The summed E-state index contributed by atoms with van der Waals surface area (Å²) in [5, 5.41) is 3.77. The Morgan fingerprint density at radius 1 is 1.04 bits per heavy atom. The van der Waals surface area contributed by atoms with Gasteiger partial charge in [-0.15, -0.1) is 0 Å². The SMILES string of the molecule is Cc1noc(C)c1S(=O)(=O)N1CCN(c2ccc(C(C)C)cc2)CC1. The highest BCUT2D eigenvalue weighted by molar-refractivity contribution is 7.89. The monoisotopic (exact) mass is 363 g/mol. The number of aromatic nitrogens is 1. The number of anilines is 1. The van der Waals surface area contributed by atoms with Crippen LogP contribution in [0.4, 0.5) is 5.69 Å². The molecule has 1 saturated heterocycles. The second kappa shape index (κ2) is 6.80. The molecule has 2 heterocycles. The van der Waals surface area contributed by atoms with E-state index in [-0.39, 0.29) is 4.90 Å². The van der Waals surface area contributed by atoms with Gasteiger partial charge in [0.1, 0.15) is 10.6 Å². The highest BCUT2D eigenvalue weighted by atomic mass is 32.2. The molecule has 1 aromatic carbocycles. The zero-order valence-corrected chi connectivity index (χ0v) is 16.0. The van der Waals surface area contributed by atoms with Gasteiger partial charge in [-0.25, -0.2) is 8.42 Å². The number of hydrogen-bond acceptors (Lipinski definition) is 5. The first-order valence-electron chi connectivity index (χ1n) is 8.58. The van der Waals surface area contributed by atoms with Crippen molar-refractivity contribution in [1.82, 2.24) is 9.46 Å². The Morgan fingerprint density at radius 3 is 2.12 bits per heavy atom. The normalized spacial score (nSPS) is 16.6. The average molecular weight is 363 g/mol. The molecule has 0 bridgehead atoms. The molecule has 1 aromatic heterocycles. The van der Waals surface area contributed by atoms with Gasteiger partial charge in [-0.3, -0.25) is 0 Å². The average Bonchev–Trinajstić information content (AvgIpc) is 2.94. The van der Waals surface area contributed by atoms with Crippen molar-refractivity contribution < 1.29 is 12.9 Å². The summed E-state index contributed by atoms with van der Waals surface area (Å²) in [5.74, 6) is 0.857. The number of benzene rings is 1. The van der Waals surface area contributed by atoms with Crippen LogP contribution in [0.15, 0.2) is 33.7 Å². The van der Waals surface area contributed by atoms with Crippen molar-refractivity contribution in [1.29, 1.82) is 0 Å². The molecule has 136 valence electrons. The first-order valence-corrected chi connectivity index (χ1v) is 10.0. The Kier molecular flexibility index (Phi) is 4.88. The molecule has 3 rings (SSSR count). The lowest BCUT2D eigenvalue weighted by Crippen LogP contribution is -2.48. The summed E-state index contributed by atoms with van der Waals surface area (Å²) in [6, 6.07) is 8.53. The van der Waals surface area contributed by atoms with Gasteiger partial charge < -0.3 is 9.42 Å². The molecular formula is C18H25N3O3S. The van der Waals surface area contributed by atoms with Crippen LogP contribution < -0.4 is 4.90 Å². The van der Waals surface area contributed by atoms with Crippen LogP contribution in [0, 0.1) is 13.8 Å². The second-order valence-electron chi connectivity index (χ2n) is 6.79. The minimum Gasteiger partial charge on any atom is -0.369 e. The van der Waals surface area contributed by atoms with Gasteiger partial charge in [0.2, 0.25) is 10.0 Å². The van der Waals surface area contributed by atoms with Gasteiger partial charge in [0, 0.05) is 31.9 Å². The standard InChI is InChI=1S/C18H25N3O3S/c1-13(2)16-5-7-17(8-6-16)20-9-11-21(12-10-20)25(22,23)18-14(3)19-24-15(18)4/h5-8,13H,9-12H2,1-4H3. The summed E-state index contributed by atoms with van der Waals surface area (Å²) in [6.07, 6.45) is 0. The van der Waals surface area contributed by atoms with Crippen LogP contribution in [-0.2, 0) is 10.0 Å². The third-order valence-electron chi connectivity index (χ3n) is 4.73. The maximum atomic E-state index is 12.9. The van der Waals surface area contributed by atoms with E-state index in [0.29, 0.717) is 43.6 Å². The summed E-state index contributed by atoms with van der Waals surface area (Å²) in [4.78, 5) is 2.44. The van der Waals surface area contributed by atoms with E-state index in [1.807, 2.05) is 0 Å². The zero-order valence-electron chi connectivity index (χ0n) is 15.2. The van der Waals surface area contributed by atoms with E-state index < -0.39 is 10.0 Å². The fourth-order valence-electron chi connectivity index (χ4n) is 3.23. The quantitative estimate of drug-likeness (QED) is 0.835. The Bertz CT molecular complexity index is 813. The number of aryl methyl sites for hydroxylation is 2. The van der Waals surface area contributed by atoms with Gasteiger partial charge in [-0.1, -0.05) is 31.1 Å². The van der Waals surface area contributed by atoms with Gasteiger partial charge in [0.15, 0.2) is 5.76 Å². The third kappa shape index (κ3) is 3.43. The fraction of sp³-hybridized carbons (Fsp3) is 0.500. The van der Waals surface area contributed by atoms with Crippen LogP contribution in [0.1, 0.15) is 36.8 Å². The molecule has 0 saturated carbocycles.